The molecule has 0 saturated carbocycles. The van der Waals surface area contributed by atoms with Crippen molar-refractivity contribution in [1.29, 1.82) is 0 Å². The average molecular weight is 549 g/mol. The Balaban J connectivity index is 0.00000320. The van der Waals surface area contributed by atoms with Crippen molar-refractivity contribution in [2.24, 2.45) is 4.99 Å². The van der Waals surface area contributed by atoms with E-state index in [1.165, 1.54) is 4.88 Å². The van der Waals surface area contributed by atoms with Gasteiger partial charge in [0.15, 0.2) is 5.96 Å². The van der Waals surface area contributed by atoms with Crippen molar-refractivity contribution in [3.63, 3.8) is 0 Å². The quantitative estimate of drug-likeness (QED) is 0.329. The molecule has 0 aliphatic carbocycles. The Bertz CT molecular complexity index is 699. The van der Waals surface area contributed by atoms with E-state index in [0.717, 1.165) is 31.8 Å². The Labute approximate surface area is 199 Å². The van der Waals surface area contributed by atoms with Crippen LogP contribution in [0.5, 0.6) is 0 Å². The van der Waals surface area contributed by atoms with Gasteiger partial charge in [-0.1, -0.05) is 6.07 Å². The Kier molecular flexibility index (Phi) is 10.3. The van der Waals surface area contributed by atoms with Gasteiger partial charge in [-0.05, 0) is 30.7 Å². The maximum Gasteiger partial charge on any atom is 0.251 e. The fraction of sp³-hybridized carbons (Fsp3) is 0.650. The number of carbonyl (C=O) groups excluding carboxylic acids is 2. The van der Waals surface area contributed by atoms with Crippen LogP contribution in [-0.4, -0.2) is 98.5 Å². The second-order valence-corrected chi connectivity index (χ2v) is 8.53. The minimum Gasteiger partial charge on any atom is -0.368 e. The molecule has 2 fully saturated rings. The predicted molar refractivity (Wildman–Crippen MR) is 130 cm³/mol. The number of amides is 2. The fourth-order valence-corrected chi connectivity index (χ4v) is 4.13. The van der Waals surface area contributed by atoms with Crippen LogP contribution in [-0.2, 0) is 20.7 Å². The van der Waals surface area contributed by atoms with Crippen molar-refractivity contribution in [3.05, 3.63) is 22.4 Å². The first-order valence-corrected chi connectivity index (χ1v) is 11.1. The molecular weight excluding hydrogens is 517 g/mol. The molecule has 1 aromatic heterocycles. The van der Waals surface area contributed by atoms with Crippen molar-refractivity contribution in [2.45, 2.75) is 25.4 Å². The second kappa shape index (κ2) is 12.5. The van der Waals surface area contributed by atoms with Gasteiger partial charge in [-0.25, -0.2) is 4.99 Å². The molecule has 2 aliphatic heterocycles. The number of likely N-dealkylation sites (N-methyl/N-ethyl adjacent to an activating group) is 1. The summed E-state index contributed by atoms with van der Waals surface area (Å²) in [5.41, 5.74) is 0. The van der Waals surface area contributed by atoms with Crippen molar-refractivity contribution in [3.8, 4) is 0 Å². The number of guanidine groups is 1. The second-order valence-electron chi connectivity index (χ2n) is 7.50. The van der Waals surface area contributed by atoms with E-state index in [-0.39, 0.29) is 48.4 Å². The topological polar surface area (TPSA) is 77.5 Å². The van der Waals surface area contributed by atoms with Gasteiger partial charge in [-0.15, -0.1) is 35.3 Å². The van der Waals surface area contributed by atoms with Crippen LogP contribution in [0.3, 0.4) is 0 Å². The fourth-order valence-electron chi connectivity index (χ4n) is 3.42. The molecule has 30 heavy (non-hydrogen) atoms. The molecule has 10 heteroatoms. The zero-order valence-electron chi connectivity index (χ0n) is 17.7. The Hall–Kier alpha value is -1.40. The minimum absolute atomic E-state index is 0. The van der Waals surface area contributed by atoms with Crippen LogP contribution in [0.1, 0.15) is 17.7 Å². The molecule has 2 amide bonds. The van der Waals surface area contributed by atoms with E-state index < -0.39 is 0 Å². The van der Waals surface area contributed by atoms with E-state index in [2.05, 4.69) is 32.7 Å². The molecule has 0 aromatic carbocycles. The van der Waals surface area contributed by atoms with Gasteiger partial charge in [0.2, 0.25) is 5.91 Å². The van der Waals surface area contributed by atoms with Crippen LogP contribution in [0, 0.1) is 0 Å². The molecule has 2 aliphatic rings. The molecule has 0 radical (unpaired) electrons. The van der Waals surface area contributed by atoms with Crippen LogP contribution in [0.15, 0.2) is 22.5 Å². The summed E-state index contributed by atoms with van der Waals surface area (Å²) in [5, 5.41) is 5.48. The normalized spacial score (nSPS) is 19.4. The first-order chi connectivity index (χ1) is 14.0. The Morgan fingerprint density at radius 2 is 2.00 bits per heavy atom. The first kappa shape index (κ1) is 24.9. The zero-order valence-corrected chi connectivity index (χ0v) is 20.9. The van der Waals surface area contributed by atoms with Crippen molar-refractivity contribution in [1.82, 2.24) is 20.0 Å². The number of ether oxygens (including phenoxy) is 1. The maximum absolute atomic E-state index is 12.6. The third-order valence-corrected chi connectivity index (χ3v) is 6.13. The summed E-state index contributed by atoms with van der Waals surface area (Å²) in [7, 11) is 3.47. The molecular formula is C20H32IN5O3S. The zero-order chi connectivity index (χ0) is 20.6. The van der Waals surface area contributed by atoms with Gasteiger partial charge in [0.1, 0.15) is 12.6 Å². The number of nitrogens with zero attached hydrogens (tertiary/aromatic N) is 4. The number of hydrogen-bond acceptors (Lipinski definition) is 5. The Morgan fingerprint density at radius 1 is 1.27 bits per heavy atom. The van der Waals surface area contributed by atoms with E-state index in [4.69, 9.17) is 4.74 Å². The van der Waals surface area contributed by atoms with Crippen molar-refractivity contribution < 1.29 is 14.3 Å². The van der Waals surface area contributed by atoms with E-state index in [1.54, 1.807) is 30.3 Å². The SMILES string of the molecule is CN(C)C(=O)CN=C(NCCc1cccs1)N1CCN(C(=O)C2CCCO2)CC1.I. The first-order valence-electron chi connectivity index (χ1n) is 10.2. The third-order valence-electron chi connectivity index (χ3n) is 5.19. The lowest BCUT2D eigenvalue weighted by Crippen LogP contribution is -2.55. The summed E-state index contributed by atoms with van der Waals surface area (Å²) in [6.45, 7) is 4.23. The monoisotopic (exact) mass is 549 g/mol. The average Bonchev–Trinajstić information content (AvgIpc) is 3.44. The van der Waals surface area contributed by atoms with E-state index in [0.29, 0.717) is 32.8 Å². The highest BCUT2D eigenvalue weighted by Gasteiger charge is 2.31. The van der Waals surface area contributed by atoms with Gasteiger partial charge in [-0.2, -0.15) is 0 Å². The summed E-state index contributed by atoms with van der Waals surface area (Å²) in [6.07, 6.45) is 2.43. The molecule has 0 bridgehead atoms. The predicted octanol–water partition coefficient (Wildman–Crippen LogP) is 1.27. The molecule has 3 heterocycles. The molecule has 1 N–H and O–H groups in total. The molecule has 8 nitrogen and oxygen atoms in total. The van der Waals surface area contributed by atoms with E-state index in [1.807, 2.05) is 4.90 Å². The number of piperazine rings is 1. The van der Waals surface area contributed by atoms with Crippen LogP contribution in [0.2, 0.25) is 0 Å². The molecule has 1 unspecified atom stereocenters. The number of rotatable bonds is 6. The third kappa shape index (κ3) is 7.09. The molecule has 0 spiro atoms. The number of aliphatic imine (C=N–C) groups is 1. The highest BCUT2D eigenvalue weighted by molar-refractivity contribution is 14.0. The number of thiophene rings is 1. The number of carbonyl (C=O) groups is 2. The summed E-state index contributed by atoms with van der Waals surface area (Å²) in [6, 6.07) is 4.17. The van der Waals surface area contributed by atoms with Crippen LogP contribution >= 0.6 is 35.3 Å². The van der Waals surface area contributed by atoms with Crippen LogP contribution < -0.4 is 5.32 Å². The molecule has 1 aromatic rings. The molecule has 168 valence electrons. The lowest BCUT2D eigenvalue weighted by molar-refractivity contribution is -0.142. The number of nitrogens with one attached hydrogen (secondary N) is 1. The summed E-state index contributed by atoms with van der Waals surface area (Å²) < 4.78 is 5.54. The lowest BCUT2D eigenvalue weighted by atomic mass is 10.2. The molecule has 1 atom stereocenters. The van der Waals surface area contributed by atoms with Gasteiger partial charge in [0, 0.05) is 58.3 Å². The molecule has 2 saturated heterocycles. The van der Waals surface area contributed by atoms with Gasteiger partial charge in [0.25, 0.3) is 5.91 Å². The van der Waals surface area contributed by atoms with Crippen LogP contribution in [0.25, 0.3) is 0 Å². The highest BCUT2D eigenvalue weighted by atomic mass is 127. The van der Waals surface area contributed by atoms with Gasteiger partial charge >= 0.3 is 0 Å². The lowest BCUT2D eigenvalue weighted by Gasteiger charge is -2.37. The summed E-state index contributed by atoms with van der Waals surface area (Å²) >= 11 is 1.74. The summed E-state index contributed by atoms with van der Waals surface area (Å²) in [5.74, 6) is 0.810. The van der Waals surface area contributed by atoms with E-state index >= 15 is 0 Å². The Morgan fingerprint density at radius 3 is 2.60 bits per heavy atom. The highest BCUT2D eigenvalue weighted by Crippen LogP contribution is 2.16. The smallest absolute Gasteiger partial charge is 0.251 e. The maximum atomic E-state index is 12.6. The molecule has 3 rings (SSSR count). The minimum atomic E-state index is -0.267. The standard InChI is InChI=1S/C20H31N5O3S.HI/c1-23(2)18(26)15-22-20(21-8-7-16-5-4-14-29-16)25-11-9-24(10-12-25)19(27)17-6-3-13-28-17;/h4-5,14,17H,3,6-13,15H2,1-2H3,(H,21,22);1H. The van der Waals surface area contributed by atoms with Crippen LogP contribution in [0.4, 0.5) is 0 Å². The van der Waals surface area contributed by atoms with Crippen molar-refractivity contribution >= 4 is 53.1 Å². The van der Waals surface area contributed by atoms with Gasteiger partial charge in [-0.3, -0.25) is 9.59 Å². The summed E-state index contributed by atoms with van der Waals surface area (Å²) in [4.78, 5) is 36.0. The number of halogens is 1. The van der Waals surface area contributed by atoms with Gasteiger partial charge < -0.3 is 24.8 Å². The number of hydrogen-bond donors (Lipinski definition) is 1. The van der Waals surface area contributed by atoms with Crippen molar-refractivity contribution in [2.75, 3.05) is 60.0 Å². The largest absolute Gasteiger partial charge is 0.368 e. The van der Waals surface area contributed by atoms with E-state index in [9.17, 15) is 9.59 Å². The van der Waals surface area contributed by atoms with Gasteiger partial charge in [0.05, 0.1) is 0 Å².